The fraction of sp³-hybridized carbons (Fsp3) is 0.562. The fourth-order valence-electron chi connectivity index (χ4n) is 2.85. The molecule has 3 rings (SSSR count). The first kappa shape index (κ1) is 21.6. The first-order valence-electron chi connectivity index (χ1n) is 8.31. The highest BCUT2D eigenvalue weighted by Gasteiger charge is 2.22. The molecule has 0 saturated heterocycles. The number of guanidine groups is 1. The van der Waals surface area contributed by atoms with E-state index in [4.69, 9.17) is 4.74 Å². The Balaban J connectivity index is 0.00000243. The van der Waals surface area contributed by atoms with Gasteiger partial charge in [-0.2, -0.15) is 5.10 Å². The van der Waals surface area contributed by atoms with Gasteiger partial charge in [-0.1, -0.05) is 0 Å². The molecule has 3 heterocycles. The van der Waals surface area contributed by atoms with E-state index in [-0.39, 0.29) is 24.0 Å². The van der Waals surface area contributed by atoms with E-state index in [1.54, 1.807) is 25.5 Å². The van der Waals surface area contributed by atoms with Crippen molar-refractivity contribution in [1.29, 1.82) is 0 Å². The number of methoxy groups -OCH3 is 1. The minimum absolute atomic E-state index is 0. The molecule has 0 fully saturated rings. The smallest absolute Gasteiger partial charge is 0.191 e. The lowest BCUT2D eigenvalue weighted by atomic mass is 10.1. The van der Waals surface area contributed by atoms with Gasteiger partial charge in [-0.15, -0.1) is 35.3 Å². The van der Waals surface area contributed by atoms with Crippen molar-refractivity contribution in [2.75, 3.05) is 20.7 Å². The number of hydrogen-bond donors (Lipinski definition) is 2. The van der Waals surface area contributed by atoms with Crippen LogP contribution in [0.2, 0.25) is 0 Å². The maximum atomic E-state index is 5.11. The SMILES string of the molecule is CN=C(NCCc1ccc(Br)s1)NC1CCc2nc(COC)nn2C1.I. The molecule has 0 aromatic carbocycles. The second kappa shape index (κ2) is 10.6. The lowest BCUT2D eigenvalue weighted by Crippen LogP contribution is -2.47. The molecule has 2 aromatic heterocycles. The molecule has 0 saturated carbocycles. The number of halogens is 2. The van der Waals surface area contributed by atoms with Crippen LogP contribution in [-0.2, 0) is 30.7 Å². The Hall–Kier alpha value is -0.720. The van der Waals surface area contributed by atoms with E-state index in [1.807, 2.05) is 4.68 Å². The Morgan fingerprint density at radius 1 is 1.50 bits per heavy atom. The predicted molar refractivity (Wildman–Crippen MR) is 118 cm³/mol. The van der Waals surface area contributed by atoms with Crippen molar-refractivity contribution in [1.82, 2.24) is 25.4 Å². The average molecular weight is 555 g/mol. The van der Waals surface area contributed by atoms with E-state index in [2.05, 4.69) is 53.8 Å². The van der Waals surface area contributed by atoms with Crippen LogP contribution in [0.3, 0.4) is 0 Å². The lowest BCUT2D eigenvalue weighted by molar-refractivity contribution is 0.177. The van der Waals surface area contributed by atoms with E-state index in [0.29, 0.717) is 12.6 Å². The fourth-order valence-corrected chi connectivity index (χ4v) is 4.33. The molecule has 1 atom stereocenters. The van der Waals surface area contributed by atoms with E-state index >= 15 is 0 Å². The Morgan fingerprint density at radius 2 is 2.35 bits per heavy atom. The molecule has 26 heavy (non-hydrogen) atoms. The van der Waals surface area contributed by atoms with Crippen LogP contribution < -0.4 is 10.6 Å². The number of rotatable bonds is 6. The van der Waals surface area contributed by atoms with Gasteiger partial charge in [0.05, 0.1) is 10.3 Å². The zero-order chi connectivity index (χ0) is 17.6. The number of aliphatic imine (C=N–C) groups is 1. The lowest BCUT2D eigenvalue weighted by Gasteiger charge is -2.25. The van der Waals surface area contributed by atoms with Gasteiger partial charge in [-0.3, -0.25) is 4.99 Å². The van der Waals surface area contributed by atoms with Gasteiger partial charge < -0.3 is 15.4 Å². The molecule has 2 N–H and O–H groups in total. The number of aryl methyl sites for hydroxylation is 1. The molecule has 0 radical (unpaired) electrons. The highest BCUT2D eigenvalue weighted by atomic mass is 127. The normalized spacial score (nSPS) is 16.7. The van der Waals surface area contributed by atoms with Crippen LogP contribution in [-0.4, -0.2) is 47.5 Å². The molecular weight excluding hydrogens is 531 g/mol. The van der Waals surface area contributed by atoms with Crippen LogP contribution in [0.5, 0.6) is 0 Å². The van der Waals surface area contributed by atoms with E-state index in [0.717, 1.165) is 50.0 Å². The van der Waals surface area contributed by atoms with E-state index in [9.17, 15) is 0 Å². The minimum atomic E-state index is 0. The highest BCUT2D eigenvalue weighted by Crippen LogP contribution is 2.22. The second-order valence-electron chi connectivity index (χ2n) is 5.89. The molecule has 144 valence electrons. The second-order valence-corrected chi connectivity index (χ2v) is 8.44. The van der Waals surface area contributed by atoms with Gasteiger partial charge in [-0.05, 0) is 40.9 Å². The zero-order valence-electron chi connectivity index (χ0n) is 14.9. The number of ether oxygens (including phenoxy) is 1. The maximum absolute atomic E-state index is 5.11. The van der Waals surface area contributed by atoms with Gasteiger partial charge in [0.15, 0.2) is 11.8 Å². The van der Waals surface area contributed by atoms with E-state index in [1.165, 1.54) is 8.66 Å². The molecule has 1 aliphatic heterocycles. The summed E-state index contributed by atoms with van der Waals surface area (Å²) in [6.07, 6.45) is 2.91. The topological polar surface area (TPSA) is 76.4 Å². The van der Waals surface area contributed by atoms with Crippen molar-refractivity contribution in [2.45, 2.75) is 38.5 Å². The molecular formula is C16H24BrIN6OS. The largest absolute Gasteiger partial charge is 0.377 e. The highest BCUT2D eigenvalue weighted by molar-refractivity contribution is 14.0. The number of nitrogens with zero attached hydrogens (tertiary/aromatic N) is 4. The molecule has 1 aliphatic rings. The van der Waals surface area contributed by atoms with Crippen LogP contribution in [0, 0.1) is 0 Å². The Labute approximate surface area is 183 Å². The van der Waals surface area contributed by atoms with Gasteiger partial charge in [0.2, 0.25) is 0 Å². The number of hydrogen-bond acceptors (Lipinski definition) is 5. The van der Waals surface area contributed by atoms with Crippen LogP contribution in [0.1, 0.15) is 22.9 Å². The van der Waals surface area contributed by atoms with Gasteiger partial charge in [0, 0.05) is 38.0 Å². The summed E-state index contributed by atoms with van der Waals surface area (Å²) < 4.78 is 8.26. The van der Waals surface area contributed by atoms with Crippen LogP contribution in [0.25, 0.3) is 0 Å². The summed E-state index contributed by atoms with van der Waals surface area (Å²) in [5.74, 6) is 2.63. The number of aromatic nitrogens is 3. The summed E-state index contributed by atoms with van der Waals surface area (Å²) in [5, 5.41) is 11.4. The Bertz CT molecular complexity index is 734. The zero-order valence-corrected chi connectivity index (χ0v) is 19.6. The first-order valence-corrected chi connectivity index (χ1v) is 9.92. The van der Waals surface area contributed by atoms with Crippen molar-refractivity contribution >= 4 is 57.2 Å². The molecule has 0 spiro atoms. The molecule has 2 aromatic rings. The van der Waals surface area contributed by atoms with Crippen LogP contribution in [0.4, 0.5) is 0 Å². The van der Waals surface area contributed by atoms with Crippen LogP contribution >= 0.6 is 51.2 Å². The number of fused-ring (bicyclic) bond motifs is 1. The third-order valence-electron chi connectivity index (χ3n) is 4.03. The third kappa shape index (κ3) is 5.89. The van der Waals surface area contributed by atoms with Gasteiger partial charge in [0.25, 0.3) is 0 Å². The van der Waals surface area contributed by atoms with Crippen molar-refractivity contribution in [2.24, 2.45) is 4.99 Å². The van der Waals surface area contributed by atoms with Gasteiger partial charge >= 0.3 is 0 Å². The minimum Gasteiger partial charge on any atom is -0.377 e. The Morgan fingerprint density at radius 3 is 3.04 bits per heavy atom. The summed E-state index contributed by atoms with van der Waals surface area (Å²) in [6.45, 7) is 2.11. The van der Waals surface area contributed by atoms with Crippen molar-refractivity contribution in [3.05, 3.63) is 32.4 Å². The van der Waals surface area contributed by atoms with Crippen molar-refractivity contribution < 1.29 is 4.74 Å². The average Bonchev–Trinajstić information content (AvgIpc) is 3.19. The predicted octanol–water partition coefficient (Wildman–Crippen LogP) is 2.59. The molecule has 7 nitrogen and oxygen atoms in total. The van der Waals surface area contributed by atoms with E-state index < -0.39 is 0 Å². The monoisotopic (exact) mass is 554 g/mol. The summed E-state index contributed by atoms with van der Waals surface area (Å²) in [6, 6.07) is 4.53. The third-order valence-corrected chi connectivity index (χ3v) is 5.72. The number of thiophene rings is 1. The van der Waals surface area contributed by atoms with Crippen molar-refractivity contribution in [3.8, 4) is 0 Å². The van der Waals surface area contributed by atoms with Gasteiger partial charge in [0.1, 0.15) is 12.4 Å². The summed E-state index contributed by atoms with van der Waals surface area (Å²) in [5.41, 5.74) is 0. The number of nitrogens with one attached hydrogen (secondary N) is 2. The molecule has 1 unspecified atom stereocenters. The van der Waals surface area contributed by atoms with Crippen LogP contribution in [0.15, 0.2) is 20.9 Å². The Kier molecular flexibility index (Phi) is 8.77. The quantitative estimate of drug-likeness (QED) is 0.326. The maximum Gasteiger partial charge on any atom is 0.191 e. The molecule has 0 bridgehead atoms. The standard InChI is InChI=1S/C16H23BrN6OS.HI/c1-18-16(19-8-7-12-4-5-13(17)25-12)20-11-3-6-15-21-14(10-24-2)22-23(15)9-11;/h4-5,11H,3,6-10H2,1-2H3,(H2,18,19,20);1H. The molecule has 0 amide bonds. The van der Waals surface area contributed by atoms with Gasteiger partial charge in [-0.25, -0.2) is 9.67 Å². The molecule has 0 aliphatic carbocycles. The van der Waals surface area contributed by atoms with Crippen molar-refractivity contribution in [3.63, 3.8) is 0 Å². The first-order chi connectivity index (χ1) is 12.2. The summed E-state index contributed by atoms with van der Waals surface area (Å²) in [7, 11) is 3.46. The summed E-state index contributed by atoms with van der Waals surface area (Å²) >= 11 is 5.27. The summed E-state index contributed by atoms with van der Waals surface area (Å²) in [4.78, 5) is 10.2. The molecule has 10 heteroatoms.